The van der Waals surface area contributed by atoms with Crippen molar-refractivity contribution in [2.45, 2.75) is 0 Å². The predicted octanol–water partition coefficient (Wildman–Crippen LogP) is 1.34. The Labute approximate surface area is 88.4 Å². The fourth-order valence-electron chi connectivity index (χ4n) is 1.34. The molecule has 1 nitrogen and oxygen atoms in total. The van der Waals surface area contributed by atoms with Gasteiger partial charge in [-0.3, -0.25) is 0 Å². The Morgan fingerprint density at radius 1 is 1.00 bits per heavy atom. The molecule has 2 heteroatoms. The zero-order chi connectivity index (χ0) is 8.55. The Balaban J connectivity index is 2.84. The van der Waals surface area contributed by atoms with Crippen LogP contribution in [0, 0.1) is 0 Å². The van der Waals surface area contributed by atoms with Crippen molar-refractivity contribution < 1.29 is 5.11 Å². The van der Waals surface area contributed by atoms with E-state index in [-0.39, 0.29) is 0 Å². The Morgan fingerprint density at radius 2 is 1.58 bits per heavy atom. The van der Waals surface area contributed by atoms with Crippen molar-refractivity contribution in [2.24, 2.45) is 0 Å². The zero-order valence-electron chi connectivity index (χ0n) is 6.91. The van der Waals surface area contributed by atoms with E-state index in [0.29, 0.717) is 5.75 Å². The van der Waals surface area contributed by atoms with Crippen molar-refractivity contribution in [3.8, 4) is 5.75 Å². The van der Waals surface area contributed by atoms with Crippen LogP contribution in [-0.2, 0) is 0 Å². The Morgan fingerprint density at radius 3 is 2.25 bits per heavy atom. The fourth-order valence-corrected chi connectivity index (χ4v) is 1.80. The first kappa shape index (κ1) is 8.11. The van der Waals surface area contributed by atoms with E-state index in [4.69, 9.17) is 0 Å². The third-order valence-corrected chi connectivity index (χ3v) is 2.87. The molecule has 2 rings (SSSR count). The maximum absolute atomic E-state index is 9.45. The molecule has 0 spiro atoms. The summed E-state index contributed by atoms with van der Waals surface area (Å²) >= 11 is 0.896. The second-order valence-corrected chi connectivity index (χ2v) is 4.06. The van der Waals surface area contributed by atoms with E-state index in [1.165, 1.54) is 5.39 Å². The molecule has 0 aliphatic heterocycles. The number of aromatic hydroxyl groups is 1. The van der Waals surface area contributed by atoms with Crippen LogP contribution in [0.5, 0.6) is 5.75 Å². The Kier molecular flexibility index (Phi) is 2.09. The van der Waals surface area contributed by atoms with Gasteiger partial charge in [-0.15, -0.1) is 0 Å². The normalized spacial score (nSPS) is 10.5. The van der Waals surface area contributed by atoms with Gasteiger partial charge in [-0.05, 0) is 0 Å². The second-order valence-electron chi connectivity index (χ2n) is 2.99. The van der Waals surface area contributed by atoms with Crippen molar-refractivity contribution in [3.63, 3.8) is 0 Å². The molecule has 2 aromatic carbocycles. The molecular weight excluding hydrogens is 159 g/mol. The molecule has 0 radical (unpaired) electrons. The molecule has 0 atom stereocenters. The summed E-state index contributed by atoms with van der Waals surface area (Å²) < 4.78 is 1.06. The number of hydrogen-bond acceptors (Lipinski definition) is 1. The first-order chi connectivity index (χ1) is 5.77. The van der Waals surface area contributed by atoms with Crippen molar-refractivity contribution in [3.05, 3.63) is 36.4 Å². The molecule has 1 N–H and O–H groups in total. The van der Waals surface area contributed by atoms with Crippen LogP contribution in [0.4, 0.5) is 0 Å². The van der Waals surface area contributed by atoms with Gasteiger partial charge >= 0.3 is 88.8 Å². The van der Waals surface area contributed by atoms with E-state index in [1.54, 1.807) is 0 Å². The molecule has 12 heavy (non-hydrogen) atoms. The number of fused-ring (bicyclic) bond motifs is 1. The van der Waals surface area contributed by atoms with Crippen molar-refractivity contribution in [1.82, 2.24) is 0 Å². The van der Waals surface area contributed by atoms with Crippen LogP contribution in [-0.4, -0.2) is 33.0 Å². The van der Waals surface area contributed by atoms with Gasteiger partial charge in [0, 0.05) is 0 Å². The van der Waals surface area contributed by atoms with E-state index >= 15 is 0 Å². The van der Waals surface area contributed by atoms with E-state index in [2.05, 4.69) is 12.1 Å². The minimum atomic E-state index is 0.431. The average molecular weight is 166 g/mol. The molecule has 2 aromatic rings. The van der Waals surface area contributed by atoms with E-state index in [1.807, 2.05) is 24.3 Å². The predicted molar refractivity (Wildman–Crippen MR) is 51.0 cm³/mol. The second kappa shape index (κ2) is 3.09. The number of phenols is 1. The SMILES string of the molecule is Oc1cc2ccccc2c[c]1[Na]. The average Bonchev–Trinajstić information content (AvgIpc) is 2.07. The molecule has 0 aliphatic carbocycles. The van der Waals surface area contributed by atoms with Crippen LogP contribution in [0.25, 0.3) is 10.8 Å². The summed E-state index contributed by atoms with van der Waals surface area (Å²) in [6, 6.07) is 12.0. The van der Waals surface area contributed by atoms with Gasteiger partial charge in [0.05, 0.1) is 0 Å². The fraction of sp³-hybridized carbons (Fsp3) is 0. The Bertz CT molecular complexity index is 383. The maximum atomic E-state index is 9.45. The molecular formula is C10H7NaO. The standard InChI is InChI=1S/C10H7O.Na/c11-10-6-5-8-3-1-2-4-9(8)7-10;/h1-5,7,11H;. The van der Waals surface area contributed by atoms with Crippen molar-refractivity contribution in [2.75, 3.05) is 0 Å². The number of rotatable bonds is 0. The first-order valence-electron chi connectivity index (χ1n) is 3.96. The molecule has 0 fully saturated rings. The van der Waals surface area contributed by atoms with Gasteiger partial charge < -0.3 is 0 Å². The molecule has 0 unspecified atom stereocenters. The number of phenolic OH excluding ortho intramolecular Hbond substituents is 1. The summed E-state index contributed by atoms with van der Waals surface area (Å²) in [7, 11) is 0. The summed E-state index contributed by atoms with van der Waals surface area (Å²) in [5, 5.41) is 11.8. The third kappa shape index (κ3) is 1.36. The molecule has 0 aliphatic rings. The van der Waals surface area contributed by atoms with Gasteiger partial charge in [0.2, 0.25) is 0 Å². The van der Waals surface area contributed by atoms with Gasteiger partial charge in [-0.2, -0.15) is 0 Å². The number of hydrogen-bond donors (Lipinski definition) is 1. The topological polar surface area (TPSA) is 20.2 Å². The van der Waals surface area contributed by atoms with Crippen molar-refractivity contribution in [1.29, 1.82) is 0 Å². The monoisotopic (exact) mass is 166 g/mol. The van der Waals surface area contributed by atoms with Crippen LogP contribution < -0.4 is 2.81 Å². The molecule has 0 saturated carbocycles. The minimum absolute atomic E-state index is 0.431. The molecule has 0 bridgehead atoms. The van der Waals surface area contributed by atoms with Gasteiger partial charge in [0.1, 0.15) is 0 Å². The van der Waals surface area contributed by atoms with Crippen molar-refractivity contribution >= 4 is 41.5 Å². The van der Waals surface area contributed by atoms with Crippen LogP contribution in [0.2, 0.25) is 0 Å². The van der Waals surface area contributed by atoms with Gasteiger partial charge in [-0.25, -0.2) is 0 Å². The molecule has 0 saturated heterocycles. The first-order valence-corrected chi connectivity index (χ1v) is 4.96. The van der Waals surface area contributed by atoms with E-state index in [9.17, 15) is 5.11 Å². The van der Waals surface area contributed by atoms with Crippen LogP contribution in [0.3, 0.4) is 0 Å². The summed E-state index contributed by atoms with van der Waals surface area (Å²) in [5.74, 6) is 0.431. The molecule has 0 aromatic heterocycles. The quantitative estimate of drug-likeness (QED) is 0.585. The van der Waals surface area contributed by atoms with Gasteiger partial charge in [0.15, 0.2) is 0 Å². The molecule has 54 valence electrons. The van der Waals surface area contributed by atoms with Crippen LogP contribution in [0.15, 0.2) is 36.4 Å². The summed E-state index contributed by atoms with van der Waals surface area (Å²) in [6.45, 7) is 0. The van der Waals surface area contributed by atoms with Gasteiger partial charge in [0.25, 0.3) is 0 Å². The summed E-state index contributed by atoms with van der Waals surface area (Å²) in [4.78, 5) is 0. The van der Waals surface area contributed by atoms with Crippen LogP contribution >= 0.6 is 0 Å². The van der Waals surface area contributed by atoms with Crippen LogP contribution in [0.1, 0.15) is 0 Å². The zero-order valence-corrected chi connectivity index (χ0v) is 8.91. The molecule has 0 heterocycles. The third-order valence-electron chi connectivity index (χ3n) is 2.06. The van der Waals surface area contributed by atoms with E-state index in [0.717, 1.165) is 36.1 Å². The van der Waals surface area contributed by atoms with Gasteiger partial charge in [-0.1, -0.05) is 0 Å². The summed E-state index contributed by atoms with van der Waals surface area (Å²) in [6.07, 6.45) is 0. The molecule has 0 amide bonds. The number of benzene rings is 2. The Hall–Kier alpha value is -0.500. The summed E-state index contributed by atoms with van der Waals surface area (Å²) in [5.41, 5.74) is 0. The van der Waals surface area contributed by atoms with E-state index < -0.39 is 0 Å².